The quantitative estimate of drug-likeness (QED) is 0.790. The first-order valence-corrected chi connectivity index (χ1v) is 9.34. The number of rotatable bonds is 6. The predicted octanol–water partition coefficient (Wildman–Crippen LogP) is 4.06. The largest absolute Gasteiger partial charge is 0.497 e. The molecular weight excluding hydrogens is 308 g/mol. The third kappa shape index (κ3) is 4.76. The third-order valence-corrected chi connectivity index (χ3v) is 4.88. The fourth-order valence-corrected chi connectivity index (χ4v) is 3.62. The van der Waals surface area contributed by atoms with Gasteiger partial charge in [0.05, 0.1) is 7.11 Å². The van der Waals surface area contributed by atoms with Crippen molar-refractivity contribution < 1.29 is 4.74 Å². The van der Waals surface area contributed by atoms with Crippen molar-refractivity contribution in [3.63, 3.8) is 0 Å². The highest BCUT2D eigenvalue weighted by atomic mass is 16.5. The van der Waals surface area contributed by atoms with Crippen LogP contribution in [0.3, 0.4) is 0 Å². The average Bonchev–Trinajstić information content (AvgIpc) is 2.63. The van der Waals surface area contributed by atoms with Gasteiger partial charge in [-0.25, -0.2) is 0 Å². The van der Waals surface area contributed by atoms with Crippen LogP contribution in [0.4, 0.5) is 5.69 Å². The monoisotopic (exact) mass is 338 g/mol. The molecule has 2 aromatic rings. The van der Waals surface area contributed by atoms with Crippen LogP contribution >= 0.6 is 0 Å². The molecule has 0 N–H and O–H groups in total. The minimum atomic E-state index is 0.744. The first-order valence-electron chi connectivity index (χ1n) is 9.34. The third-order valence-electron chi connectivity index (χ3n) is 4.88. The lowest BCUT2D eigenvalue weighted by Gasteiger charge is -2.37. The van der Waals surface area contributed by atoms with Gasteiger partial charge in [-0.3, -0.25) is 4.90 Å². The van der Waals surface area contributed by atoms with Crippen molar-refractivity contribution in [2.45, 2.75) is 20.3 Å². The smallest absolute Gasteiger partial charge is 0.118 e. The molecule has 0 saturated carbocycles. The molecule has 0 aliphatic carbocycles. The van der Waals surface area contributed by atoms with Crippen LogP contribution in [-0.4, -0.2) is 44.7 Å². The van der Waals surface area contributed by atoms with Crippen molar-refractivity contribution in [2.75, 3.05) is 44.7 Å². The van der Waals surface area contributed by atoms with Crippen LogP contribution in [0.25, 0.3) is 0 Å². The molecule has 0 spiro atoms. The fourth-order valence-electron chi connectivity index (χ4n) is 3.62. The van der Waals surface area contributed by atoms with Gasteiger partial charge in [0.2, 0.25) is 0 Å². The van der Waals surface area contributed by atoms with Gasteiger partial charge >= 0.3 is 0 Å². The highest BCUT2D eigenvalue weighted by molar-refractivity contribution is 5.55. The summed E-state index contributed by atoms with van der Waals surface area (Å²) in [4.78, 5) is 5.14. The number of piperazine rings is 1. The molecule has 1 aliphatic rings. The van der Waals surface area contributed by atoms with E-state index in [9.17, 15) is 0 Å². The molecule has 134 valence electrons. The molecule has 3 heteroatoms. The van der Waals surface area contributed by atoms with Crippen LogP contribution in [0.5, 0.6) is 5.75 Å². The molecule has 25 heavy (non-hydrogen) atoms. The Hall–Kier alpha value is -2.00. The van der Waals surface area contributed by atoms with Crippen LogP contribution in [0.1, 0.15) is 25.0 Å². The Morgan fingerprint density at radius 3 is 2.24 bits per heavy atom. The molecule has 1 fully saturated rings. The standard InChI is InChI=1S/C22H30N2O/c1-18(2)17-23-12-14-24(15-13-23)22-7-5-4-6-20(22)16-19-8-10-21(25-3)11-9-19/h4-11,18H,12-17H2,1-3H3. The number of methoxy groups -OCH3 is 1. The van der Waals surface area contributed by atoms with Gasteiger partial charge in [0.25, 0.3) is 0 Å². The molecule has 0 radical (unpaired) electrons. The van der Waals surface area contributed by atoms with Gasteiger partial charge in [-0.2, -0.15) is 0 Å². The maximum Gasteiger partial charge on any atom is 0.118 e. The summed E-state index contributed by atoms with van der Waals surface area (Å²) in [6.07, 6.45) is 0.965. The van der Waals surface area contributed by atoms with Crippen LogP contribution in [0.2, 0.25) is 0 Å². The van der Waals surface area contributed by atoms with E-state index in [0.29, 0.717) is 0 Å². The van der Waals surface area contributed by atoms with E-state index >= 15 is 0 Å². The molecule has 1 saturated heterocycles. The predicted molar refractivity (Wildman–Crippen MR) is 106 cm³/mol. The summed E-state index contributed by atoms with van der Waals surface area (Å²) in [7, 11) is 1.71. The van der Waals surface area contributed by atoms with Gasteiger partial charge < -0.3 is 9.64 Å². The van der Waals surface area contributed by atoms with Crippen molar-refractivity contribution in [1.29, 1.82) is 0 Å². The van der Waals surface area contributed by atoms with Gasteiger partial charge in [0.1, 0.15) is 5.75 Å². The summed E-state index contributed by atoms with van der Waals surface area (Å²) in [6, 6.07) is 17.3. The first-order chi connectivity index (χ1) is 12.2. The van der Waals surface area contributed by atoms with Crippen molar-refractivity contribution in [3.8, 4) is 5.75 Å². The van der Waals surface area contributed by atoms with Gasteiger partial charge in [-0.05, 0) is 41.7 Å². The number of para-hydroxylation sites is 1. The fraction of sp³-hybridized carbons (Fsp3) is 0.455. The lowest BCUT2D eigenvalue weighted by Crippen LogP contribution is -2.47. The zero-order chi connectivity index (χ0) is 17.6. The highest BCUT2D eigenvalue weighted by Gasteiger charge is 2.19. The Morgan fingerprint density at radius 2 is 1.60 bits per heavy atom. The van der Waals surface area contributed by atoms with Gasteiger partial charge in [-0.1, -0.05) is 44.2 Å². The van der Waals surface area contributed by atoms with Gasteiger partial charge in [0.15, 0.2) is 0 Å². The highest BCUT2D eigenvalue weighted by Crippen LogP contribution is 2.25. The lowest BCUT2D eigenvalue weighted by atomic mass is 10.0. The molecule has 3 nitrogen and oxygen atoms in total. The Kier molecular flexibility index (Phi) is 5.98. The molecule has 0 atom stereocenters. The molecule has 0 aromatic heterocycles. The number of benzene rings is 2. The average molecular weight is 338 g/mol. The molecule has 2 aromatic carbocycles. The van der Waals surface area contributed by atoms with Gasteiger partial charge in [0, 0.05) is 38.4 Å². The van der Waals surface area contributed by atoms with E-state index in [1.54, 1.807) is 7.11 Å². The topological polar surface area (TPSA) is 15.7 Å². The Balaban J connectivity index is 1.68. The maximum atomic E-state index is 5.26. The lowest BCUT2D eigenvalue weighted by molar-refractivity contribution is 0.231. The molecule has 0 amide bonds. The summed E-state index contributed by atoms with van der Waals surface area (Å²) >= 11 is 0. The van der Waals surface area contributed by atoms with Crippen molar-refractivity contribution in [2.24, 2.45) is 5.92 Å². The normalized spacial score (nSPS) is 15.6. The van der Waals surface area contributed by atoms with E-state index in [2.05, 4.69) is 60.0 Å². The summed E-state index contributed by atoms with van der Waals surface area (Å²) in [5.41, 5.74) is 4.12. The van der Waals surface area contributed by atoms with E-state index in [0.717, 1.165) is 44.3 Å². The molecular formula is C22H30N2O. The van der Waals surface area contributed by atoms with E-state index in [4.69, 9.17) is 4.74 Å². The maximum absolute atomic E-state index is 5.26. The zero-order valence-electron chi connectivity index (χ0n) is 15.7. The molecule has 3 rings (SSSR count). The summed E-state index contributed by atoms with van der Waals surface area (Å²) in [5, 5.41) is 0. The van der Waals surface area contributed by atoms with Crippen LogP contribution in [-0.2, 0) is 6.42 Å². The Bertz CT molecular complexity index is 658. The Labute approximate surface area is 152 Å². The molecule has 1 heterocycles. The second-order valence-electron chi connectivity index (χ2n) is 7.34. The summed E-state index contributed by atoms with van der Waals surface area (Å²) in [5.74, 6) is 1.66. The summed E-state index contributed by atoms with van der Waals surface area (Å²) in [6.45, 7) is 10.4. The van der Waals surface area contributed by atoms with E-state index in [-0.39, 0.29) is 0 Å². The van der Waals surface area contributed by atoms with E-state index in [1.165, 1.54) is 23.4 Å². The van der Waals surface area contributed by atoms with Gasteiger partial charge in [-0.15, -0.1) is 0 Å². The molecule has 1 aliphatic heterocycles. The minimum Gasteiger partial charge on any atom is -0.497 e. The molecule has 0 unspecified atom stereocenters. The van der Waals surface area contributed by atoms with Crippen LogP contribution in [0, 0.1) is 5.92 Å². The summed E-state index contributed by atoms with van der Waals surface area (Å²) < 4.78 is 5.26. The zero-order valence-corrected chi connectivity index (χ0v) is 15.7. The number of nitrogens with zero attached hydrogens (tertiary/aromatic N) is 2. The SMILES string of the molecule is COc1ccc(Cc2ccccc2N2CCN(CC(C)C)CC2)cc1. The number of hydrogen-bond acceptors (Lipinski definition) is 3. The second-order valence-corrected chi connectivity index (χ2v) is 7.34. The first kappa shape index (κ1) is 17.8. The van der Waals surface area contributed by atoms with Crippen molar-refractivity contribution in [1.82, 2.24) is 4.90 Å². The van der Waals surface area contributed by atoms with Crippen molar-refractivity contribution in [3.05, 3.63) is 59.7 Å². The van der Waals surface area contributed by atoms with Crippen LogP contribution in [0.15, 0.2) is 48.5 Å². The number of anilines is 1. The minimum absolute atomic E-state index is 0.744. The number of hydrogen-bond donors (Lipinski definition) is 0. The molecule has 0 bridgehead atoms. The number of ether oxygens (including phenoxy) is 1. The second kappa shape index (κ2) is 8.39. The van der Waals surface area contributed by atoms with E-state index in [1.807, 2.05) is 12.1 Å². The van der Waals surface area contributed by atoms with Crippen molar-refractivity contribution >= 4 is 5.69 Å². The van der Waals surface area contributed by atoms with Crippen LogP contribution < -0.4 is 9.64 Å². The Morgan fingerprint density at radius 1 is 0.920 bits per heavy atom. The van der Waals surface area contributed by atoms with E-state index < -0.39 is 0 Å².